The van der Waals surface area contributed by atoms with Gasteiger partial charge in [0.2, 0.25) is 11.7 Å². The molecule has 2 aromatic heterocycles. The van der Waals surface area contributed by atoms with Crippen LogP contribution >= 0.6 is 0 Å². The normalized spacial score (nSPS) is 18.8. The topological polar surface area (TPSA) is 129 Å². The van der Waals surface area contributed by atoms with Gasteiger partial charge < -0.3 is 30.0 Å². The molecule has 0 atom stereocenters. The van der Waals surface area contributed by atoms with E-state index >= 15 is 0 Å². The van der Waals surface area contributed by atoms with Gasteiger partial charge >= 0.3 is 0 Å². The number of hydrogen-bond acceptors (Lipinski definition) is 8. The zero-order chi connectivity index (χ0) is 15.6. The van der Waals surface area contributed by atoms with E-state index in [9.17, 15) is 10.2 Å². The molecule has 0 amide bonds. The molecule has 22 heavy (non-hydrogen) atoms. The maximum Gasteiger partial charge on any atom is 0.222 e. The number of aromatic nitrogens is 4. The number of aliphatic hydroxyl groups is 2. The summed E-state index contributed by atoms with van der Waals surface area (Å²) in [6.07, 6.45) is 4.09. The Kier molecular flexibility index (Phi) is 4.21. The van der Waals surface area contributed by atoms with E-state index < -0.39 is 5.79 Å². The number of aliphatic hydroxyl groups excluding tert-OH is 2. The number of rotatable bonds is 5. The minimum absolute atomic E-state index is 0.169. The lowest BCUT2D eigenvalue weighted by Crippen LogP contribution is -2.50. The summed E-state index contributed by atoms with van der Waals surface area (Å²) in [7, 11) is 0. The van der Waals surface area contributed by atoms with Crippen LogP contribution in [-0.4, -0.2) is 61.9 Å². The Bertz CT molecular complexity index is 632. The molecule has 9 nitrogen and oxygen atoms in total. The molecule has 9 heteroatoms. The third-order valence-corrected chi connectivity index (χ3v) is 3.80. The van der Waals surface area contributed by atoms with Crippen molar-refractivity contribution in [3.05, 3.63) is 12.5 Å². The maximum atomic E-state index is 9.20. The first-order valence-electron chi connectivity index (χ1n) is 7.09. The molecule has 1 fully saturated rings. The van der Waals surface area contributed by atoms with Gasteiger partial charge in [0.15, 0.2) is 5.65 Å². The molecule has 2 aromatic rings. The highest BCUT2D eigenvalue weighted by Crippen LogP contribution is 2.23. The molecule has 1 aliphatic heterocycles. The van der Waals surface area contributed by atoms with E-state index in [-0.39, 0.29) is 25.1 Å². The zero-order valence-electron chi connectivity index (χ0n) is 12.1. The lowest BCUT2D eigenvalue weighted by atomic mass is 10.1. The predicted molar refractivity (Wildman–Crippen MR) is 76.6 cm³/mol. The standard InChI is InChI=1S/C13H19N5O4/c14-12-15-3-10-11(17-12)18(8-16-10)2-1-9-4-21-13(6-19,7-20)22-5-9/h3,8-9,19-20H,1-2,4-7H2,(H2,14,15,17). The van der Waals surface area contributed by atoms with Gasteiger partial charge in [-0.25, -0.2) is 9.97 Å². The van der Waals surface area contributed by atoms with Crippen LogP contribution in [0.25, 0.3) is 11.2 Å². The summed E-state index contributed by atoms with van der Waals surface area (Å²) in [4.78, 5) is 12.3. The summed E-state index contributed by atoms with van der Waals surface area (Å²) < 4.78 is 12.8. The van der Waals surface area contributed by atoms with Gasteiger partial charge in [-0.2, -0.15) is 4.98 Å². The molecular weight excluding hydrogens is 290 g/mol. The average molecular weight is 309 g/mol. The lowest BCUT2D eigenvalue weighted by molar-refractivity contribution is -0.309. The van der Waals surface area contributed by atoms with Crippen molar-refractivity contribution in [2.24, 2.45) is 5.92 Å². The quantitative estimate of drug-likeness (QED) is 0.651. The van der Waals surface area contributed by atoms with E-state index in [0.717, 1.165) is 6.42 Å². The number of ether oxygens (including phenoxy) is 2. The Balaban J connectivity index is 1.60. The molecule has 0 unspecified atom stereocenters. The predicted octanol–water partition coefficient (Wildman–Crippen LogP) is -0.858. The number of nitrogens with two attached hydrogens (primary N) is 1. The van der Waals surface area contributed by atoms with Crippen molar-refractivity contribution < 1.29 is 19.7 Å². The molecule has 1 aliphatic rings. The molecule has 3 rings (SSSR count). The molecule has 0 radical (unpaired) electrons. The van der Waals surface area contributed by atoms with Crippen LogP contribution in [0.15, 0.2) is 12.5 Å². The van der Waals surface area contributed by atoms with Gasteiger partial charge in [-0.1, -0.05) is 0 Å². The first-order chi connectivity index (χ1) is 10.7. The number of anilines is 1. The molecule has 0 aromatic carbocycles. The van der Waals surface area contributed by atoms with Gasteiger partial charge in [0, 0.05) is 12.5 Å². The van der Waals surface area contributed by atoms with Crippen LogP contribution < -0.4 is 5.73 Å². The largest absolute Gasteiger partial charge is 0.391 e. The second-order valence-corrected chi connectivity index (χ2v) is 5.38. The molecule has 3 heterocycles. The lowest BCUT2D eigenvalue weighted by Gasteiger charge is -2.37. The molecule has 0 aliphatic carbocycles. The molecule has 0 saturated carbocycles. The van der Waals surface area contributed by atoms with Crippen molar-refractivity contribution in [3.8, 4) is 0 Å². The summed E-state index contributed by atoms with van der Waals surface area (Å²) in [5, 5.41) is 18.4. The summed E-state index contributed by atoms with van der Waals surface area (Å²) in [6, 6.07) is 0. The summed E-state index contributed by atoms with van der Waals surface area (Å²) in [6.45, 7) is 0.808. The molecular formula is C13H19N5O4. The second kappa shape index (κ2) is 6.13. The Morgan fingerprint density at radius 2 is 2.00 bits per heavy atom. The van der Waals surface area contributed by atoms with Gasteiger partial charge in [0.25, 0.3) is 0 Å². The number of fused-ring (bicyclic) bond motifs is 1. The minimum atomic E-state index is -1.26. The van der Waals surface area contributed by atoms with Crippen molar-refractivity contribution in [2.75, 3.05) is 32.2 Å². The Hall–Kier alpha value is -1.81. The maximum absolute atomic E-state index is 9.20. The highest BCUT2D eigenvalue weighted by Gasteiger charge is 2.36. The molecule has 120 valence electrons. The number of nitrogens with zero attached hydrogens (tertiary/aromatic N) is 4. The number of hydrogen-bond donors (Lipinski definition) is 3. The first-order valence-corrected chi connectivity index (χ1v) is 7.09. The molecule has 1 saturated heterocycles. The van der Waals surface area contributed by atoms with Crippen molar-refractivity contribution in [1.29, 1.82) is 0 Å². The Morgan fingerprint density at radius 1 is 1.27 bits per heavy atom. The van der Waals surface area contributed by atoms with Gasteiger partial charge in [-0.15, -0.1) is 0 Å². The minimum Gasteiger partial charge on any atom is -0.391 e. The number of nitrogen functional groups attached to an aromatic ring is 1. The third kappa shape index (κ3) is 2.88. The Labute approximate surface area is 126 Å². The van der Waals surface area contributed by atoms with Crippen LogP contribution in [0, 0.1) is 5.92 Å². The summed E-state index contributed by atoms with van der Waals surface area (Å²) >= 11 is 0. The van der Waals surface area contributed by atoms with E-state index in [1.54, 1.807) is 12.5 Å². The zero-order valence-corrected chi connectivity index (χ0v) is 12.1. The summed E-state index contributed by atoms with van der Waals surface area (Å²) in [5.74, 6) is -0.878. The van der Waals surface area contributed by atoms with Crippen molar-refractivity contribution in [2.45, 2.75) is 18.8 Å². The molecule has 4 N–H and O–H groups in total. The van der Waals surface area contributed by atoms with E-state index in [1.807, 2.05) is 4.57 Å². The number of aryl methyl sites for hydroxylation is 1. The number of imidazole rings is 1. The highest BCUT2D eigenvalue weighted by atomic mass is 16.7. The van der Waals surface area contributed by atoms with Crippen molar-refractivity contribution >= 4 is 17.1 Å². The monoisotopic (exact) mass is 309 g/mol. The van der Waals surface area contributed by atoms with Crippen LogP contribution in [0.3, 0.4) is 0 Å². The molecule has 0 bridgehead atoms. The van der Waals surface area contributed by atoms with Gasteiger partial charge in [-0.3, -0.25) is 0 Å². The summed E-state index contributed by atoms with van der Waals surface area (Å²) in [5.41, 5.74) is 7.00. The fraction of sp³-hybridized carbons (Fsp3) is 0.615. The fourth-order valence-corrected chi connectivity index (χ4v) is 2.38. The van der Waals surface area contributed by atoms with Crippen LogP contribution in [-0.2, 0) is 16.0 Å². The van der Waals surface area contributed by atoms with Crippen LogP contribution in [0.4, 0.5) is 5.95 Å². The van der Waals surface area contributed by atoms with Crippen molar-refractivity contribution in [3.63, 3.8) is 0 Å². The van der Waals surface area contributed by atoms with E-state index in [2.05, 4.69) is 15.0 Å². The van der Waals surface area contributed by atoms with Gasteiger partial charge in [0.05, 0.1) is 39.0 Å². The van der Waals surface area contributed by atoms with Crippen LogP contribution in [0.5, 0.6) is 0 Å². The van der Waals surface area contributed by atoms with Crippen molar-refractivity contribution in [1.82, 2.24) is 19.5 Å². The third-order valence-electron chi connectivity index (χ3n) is 3.80. The van der Waals surface area contributed by atoms with Gasteiger partial charge in [-0.05, 0) is 6.42 Å². The smallest absolute Gasteiger partial charge is 0.222 e. The highest BCUT2D eigenvalue weighted by molar-refractivity contribution is 5.70. The van der Waals surface area contributed by atoms with E-state index in [4.69, 9.17) is 15.2 Å². The molecule has 0 spiro atoms. The van der Waals surface area contributed by atoms with E-state index in [1.165, 1.54) is 0 Å². The SMILES string of the molecule is Nc1ncc2ncn(CCC3COC(CO)(CO)OC3)c2n1. The van der Waals surface area contributed by atoms with E-state index in [0.29, 0.717) is 30.9 Å². The van der Waals surface area contributed by atoms with Crippen LogP contribution in [0.1, 0.15) is 6.42 Å². The first kappa shape index (κ1) is 15.1. The van der Waals surface area contributed by atoms with Crippen LogP contribution in [0.2, 0.25) is 0 Å². The average Bonchev–Trinajstić information content (AvgIpc) is 2.96. The second-order valence-electron chi connectivity index (χ2n) is 5.38. The van der Waals surface area contributed by atoms with Gasteiger partial charge in [0.1, 0.15) is 5.52 Å². The fourth-order valence-electron chi connectivity index (χ4n) is 2.38. The Morgan fingerprint density at radius 3 is 2.68 bits per heavy atom.